The van der Waals surface area contributed by atoms with Gasteiger partial charge in [-0.05, 0) is 62.3 Å². The molecule has 1 aliphatic carbocycles. The van der Waals surface area contributed by atoms with E-state index in [0.717, 1.165) is 34.1 Å². The fourth-order valence-corrected chi connectivity index (χ4v) is 3.69. The highest BCUT2D eigenvalue weighted by atomic mass is 127. The van der Waals surface area contributed by atoms with Crippen molar-refractivity contribution in [1.29, 1.82) is 0 Å². The van der Waals surface area contributed by atoms with Crippen LogP contribution in [0.3, 0.4) is 0 Å². The average molecular weight is 337 g/mol. The van der Waals surface area contributed by atoms with Crippen molar-refractivity contribution in [2.75, 3.05) is 6.54 Å². The van der Waals surface area contributed by atoms with Gasteiger partial charge in [0.1, 0.15) is 0 Å². The van der Waals surface area contributed by atoms with E-state index in [1.54, 1.807) is 0 Å². The van der Waals surface area contributed by atoms with Crippen molar-refractivity contribution in [1.82, 2.24) is 0 Å². The largest absolute Gasteiger partial charge is 0.330 e. The molecule has 0 amide bonds. The number of rotatable bonds is 3. The average Bonchev–Trinajstić information content (AvgIpc) is 2.28. The quantitative estimate of drug-likeness (QED) is 0.605. The van der Waals surface area contributed by atoms with Crippen LogP contribution in [-0.4, -0.2) is 10.5 Å². The number of hydrogen-bond donors (Lipinski definition) is 1. The van der Waals surface area contributed by atoms with Crippen LogP contribution in [0, 0.1) is 23.7 Å². The minimum absolute atomic E-state index is 0.861. The molecule has 1 rings (SSSR count). The van der Waals surface area contributed by atoms with Crippen molar-refractivity contribution >= 4 is 22.6 Å². The molecule has 0 aromatic heterocycles. The van der Waals surface area contributed by atoms with Gasteiger partial charge in [0, 0.05) is 3.92 Å². The predicted molar refractivity (Wildman–Crippen MR) is 80.9 cm³/mol. The van der Waals surface area contributed by atoms with Crippen LogP contribution < -0.4 is 5.73 Å². The molecule has 0 bridgehead atoms. The summed E-state index contributed by atoms with van der Waals surface area (Å²) in [6, 6.07) is 0. The van der Waals surface area contributed by atoms with E-state index < -0.39 is 0 Å². The summed E-state index contributed by atoms with van der Waals surface area (Å²) in [5.41, 5.74) is 5.66. The van der Waals surface area contributed by atoms with Gasteiger partial charge in [0.25, 0.3) is 0 Å². The highest BCUT2D eigenvalue weighted by Gasteiger charge is 2.29. The first-order valence-corrected chi connectivity index (χ1v) is 8.15. The van der Waals surface area contributed by atoms with Gasteiger partial charge in [0.2, 0.25) is 0 Å². The smallest absolute Gasteiger partial charge is 0.0135 e. The zero-order valence-corrected chi connectivity index (χ0v) is 13.2. The standard InChI is InChI=1S/C14H28IN/c1-10-6-7-14(15)11(2)9-13(12(10)3)5-4-8-16/h10-14H,4-9,16H2,1-3H3/t10-,11+,12-,13?,14+/m0/s1. The van der Waals surface area contributed by atoms with E-state index in [1.165, 1.54) is 32.1 Å². The Morgan fingerprint density at radius 1 is 1.12 bits per heavy atom. The topological polar surface area (TPSA) is 26.0 Å². The van der Waals surface area contributed by atoms with Crippen molar-refractivity contribution in [3.8, 4) is 0 Å². The predicted octanol–water partition coefficient (Wildman–Crippen LogP) is 4.24. The molecule has 0 aromatic carbocycles. The second kappa shape index (κ2) is 7.20. The molecule has 0 spiro atoms. The van der Waals surface area contributed by atoms with E-state index in [1.807, 2.05) is 0 Å². The molecule has 0 heterocycles. The first kappa shape index (κ1) is 14.7. The van der Waals surface area contributed by atoms with Crippen LogP contribution in [0.25, 0.3) is 0 Å². The lowest BCUT2D eigenvalue weighted by molar-refractivity contribution is 0.177. The fraction of sp³-hybridized carbons (Fsp3) is 1.00. The summed E-state index contributed by atoms with van der Waals surface area (Å²) in [5.74, 6) is 3.58. The molecule has 0 aromatic rings. The molecule has 1 saturated carbocycles. The van der Waals surface area contributed by atoms with E-state index in [-0.39, 0.29) is 0 Å². The molecule has 0 radical (unpaired) electrons. The maximum absolute atomic E-state index is 5.66. The van der Waals surface area contributed by atoms with Gasteiger partial charge in [0.15, 0.2) is 0 Å². The number of alkyl halides is 1. The van der Waals surface area contributed by atoms with Crippen LogP contribution in [0.15, 0.2) is 0 Å². The Balaban J connectivity index is 2.60. The van der Waals surface area contributed by atoms with Crippen LogP contribution in [0.1, 0.15) is 52.9 Å². The van der Waals surface area contributed by atoms with Crippen LogP contribution >= 0.6 is 22.6 Å². The molecule has 0 saturated heterocycles. The Morgan fingerprint density at radius 2 is 1.81 bits per heavy atom. The van der Waals surface area contributed by atoms with Gasteiger partial charge in [-0.2, -0.15) is 0 Å². The molecule has 2 heteroatoms. The third-order valence-electron chi connectivity index (χ3n) is 4.61. The number of halogens is 1. The van der Waals surface area contributed by atoms with Crippen LogP contribution in [0.5, 0.6) is 0 Å². The summed E-state index contributed by atoms with van der Waals surface area (Å²) in [6.45, 7) is 8.21. The molecule has 1 aliphatic rings. The first-order chi connectivity index (χ1) is 7.56. The summed E-state index contributed by atoms with van der Waals surface area (Å²) < 4.78 is 0.882. The number of hydrogen-bond acceptors (Lipinski definition) is 1. The summed E-state index contributed by atoms with van der Waals surface area (Å²) in [5, 5.41) is 0. The van der Waals surface area contributed by atoms with Crippen LogP contribution in [0.2, 0.25) is 0 Å². The van der Waals surface area contributed by atoms with Crippen molar-refractivity contribution in [2.45, 2.75) is 56.8 Å². The van der Waals surface area contributed by atoms with Gasteiger partial charge in [0.05, 0.1) is 0 Å². The van der Waals surface area contributed by atoms with E-state index in [9.17, 15) is 0 Å². The Kier molecular flexibility index (Phi) is 6.63. The molecule has 0 aliphatic heterocycles. The lowest BCUT2D eigenvalue weighted by atomic mass is 9.72. The molecule has 96 valence electrons. The third kappa shape index (κ3) is 4.17. The van der Waals surface area contributed by atoms with Gasteiger partial charge in [-0.3, -0.25) is 0 Å². The lowest BCUT2D eigenvalue weighted by Crippen LogP contribution is -2.28. The Labute approximate surface area is 115 Å². The van der Waals surface area contributed by atoms with Gasteiger partial charge in [-0.25, -0.2) is 0 Å². The van der Waals surface area contributed by atoms with Gasteiger partial charge < -0.3 is 5.73 Å². The minimum atomic E-state index is 0.861. The second-order valence-corrected chi connectivity index (χ2v) is 7.43. The molecule has 2 N–H and O–H groups in total. The Morgan fingerprint density at radius 3 is 2.44 bits per heavy atom. The summed E-state index contributed by atoms with van der Waals surface area (Å²) >= 11 is 2.66. The maximum atomic E-state index is 5.66. The summed E-state index contributed by atoms with van der Waals surface area (Å²) in [4.78, 5) is 0. The molecule has 5 atom stereocenters. The summed E-state index contributed by atoms with van der Waals surface area (Å²) in [6.07, 6.45) is 6.80. The van der Waals surface area contributed by atoms with E-state index >= 15 is 0 Å². The van der Waals surface area contributed by atoms with Gasteiger partial charge in [-0.15, -0.1) is 0 Å². The van der Waals surface area contributed by atoms with Gasteiger partial charge >= 0.3 is 0 Å². The lowest BCUT2D eigenvalue weighted by Gasteiger charge is -2.36. The third-order valence-corrected chi connectivity index (χ3v) is 6.46. The monoisotopic (exact) mass is 337 g/mol. The number of nitrogens with two attached hydrogens (primary N) is 1. The first-order valence-electron chi connectivity index (χ1n) is 6.90. The highest BCUT2D eigenvalue weighted by Crippen LogP contribution is 2.38. The highest BCUT2D eigenvalue weighted by molar-refractivity contribution is 14.1. The summed E-state index contributed by atoms with van der Waals surface area (Å²) in [7, 11) is 0. The van der Waals surface area contributed by atoms with E-state index in [4.69, 9.17) is 5.73 Å². The van der Waals surface area contributed by atoms with Crippen molar-refractivity contribution in [3.63, 3.8) is 0 Å². The van der Waals surface area contributed by atoms with Crippen molar-refractivity contribution in [2.24, 2.45) is 29.4 Å². The zero-order valence-electron chi connectivity index (χ0n) is 11.1. The maximum Gasteiger partial charge on any atom is 0.0135 e. The Bertz CT molecular complexity index is 195. The molecule has 1 fully saturated rings. The van der Waals surface area contributed by atoms with E-state index in [0.29, 0.717) is 0 Å². The molecule has 1 nitrogen and oxygen atoms in total. The normalized spacial score (nSPS) is 41.4. The minimum Gasteiger partial charge on any atom is -0.330 e. The fourth-order valence-electron chi connectivity index (χ4n) is 3.03. The second-order valence-electron chi connectivity index (χ2n) is 5.83. The van der Waals surface area contributed by atoms with Gasteiger partial charge in [-0.1, -0.05) is 43.4 Å². The molecule has 1 unspecified atom stereocenters. The van der Waals surface area contributed by atoms with Crippen molar-refractivity contribution < 1.29 is 0 Å². The molecular weight excluding hydrogens is 309 g/mol. The van der Waals surface area contributed by atoms with Crippen LogP contribution in [-0.2, 0) is 0 Å². The SMILES string of the molecule is C[C@@H]1CC(CCCN)[C@@H](C)[C@@H](C)CC[C@H]1I. The Hall–Kier alpha value is 0.690. The van der Waals surface area contributed by atoms with Crippen molar-refractivity contribution in [3.05, 3.63) is 0 Å². The molecule has 16 heavy (non-hydrogen) atoms. The van der Waals surface area contributed by atoms with E-state index in [2.05, 4.69) is 43.4 Å². The molecular formula is C14H28IN. The van der Waals surface area contributed by atoms with Crippen LogP contribution in [0.4, 0.5) is 0 Å². The zero-order chi connectivity index (χ0) is 12.1.